The van der Waals surface area contributed by atoms with E-state index in [1.165, 1.54) is 31.5 Å². The summed E-state index contributed by atoms with van der Waals surface area (Å²) in [6, 6.07) is 0.684. The van der Waals surface area contributed by atoms with Crippen LogP contribution in [0.3, 0.4) is 0 Å². The first-order chi connectivity index (χ1) is 6.63. The Balaban J connectivity index is 2.36. The number of piperidine rings is 1. The van der Waals surface area contributed by atoms with Gasteiger partial charge in [-0.3, -0.25) is 0 Å². The largest absolute Gasteiger partial charge is 0.327 e. The molecule has 0 saturated carbocycles. The van der Waals surface area contributed by atoms with Crippen molar-refractivity contribution in [2.45, 2.75) is 39.2 Å². The SMILES string of the molecule is C=C(CN)CC1CCCN(C(C)C)C1. The van der Waals surface area contributed by atoms with E-state index in [1.807, 2.05) is 0 Å². The third-order valence-corrected chi connectivity index (χ3v) is 3.15. The zero-order valence-electron chi connectivity index (χ0n) is 9.63. The lowest BCUT2D eigenvalue weighted by atomic mass is 9.91. The molecular weight excluding hydrogens is 172 g/mol. The Hall–Kier alpha value is -0.340. The summed E-state index contributed by atoms with van der Waals surface area (Å²) < 4.78 is 0. The molecule has 0 aromatic rings. The summed E-state index contributed by atoms with van der Waals surface area (Å²) >= 11 is 0. The topological polar surface area (TPSA) is 29.3 Å². The predicted molar refractivity (Wildman–Crippen MR) is 62.2 cm³/mol. The lowest BCUT2D eigenvalue weighted by molar-refractivity contribution is 0.139. The van der Waals surface area contributed by atoms with Crippen molar-refractivity contribution < 1.29 is 0 Å². The van der Waals surface area contributed by atoms with Gasteiger partial charge in [0.15, 0.2) is 0 Å². The monoisotopic (exact) mass is 196 g/mol. The molecule has 0 amide bonds. The molecule has 1 aliphatic rings. The van der Waals surface area contributed by atoms with E-state index in [-0.39, 0.29) is 0 Å². The van der Waals surface area contributed by atoms with Gasteiger partial charge in [0, 0.05) is 19.1 Å². The maximum absolute atomic E-state index is 5.57. The second-order valence-electron chi connectivity index (χ2n) is 4.76. The van der Waals surface area contributed by atoms with Crippen molar-refractivity contribution in [2.24, 2.45) is 11.7 Å². The van der Waals surface area contributed by atoms with Crippen LogP contribution in [0.25, 0.3) is 0 Å². The Bertz CT molecular complexity index is 187. The number of likely N-dealkylation sites (tertiary alicyclic amines) is 1. The van der Waals surface area contributed by atoms with Gasteiger partial charge in [-0.05, 0) is 45.6 Å². The molecule has 1 unspecified atom stereocenters. The molecule has 1 atom stereocenters. The molecule has 14 heavy (non-hydrogen) atoms. The molecule has 2 heteroatoms. The van der Waals surface area contributed by atoms with Crippen molar-refractivity contribution in [3.05, 3.63) is 12.2 Å². The summed E-state index contributed by atoms with van der Waals surface area (Å²) in [5.41, 5.74) is 6.78. The Morgan fingerprint density at radius 1 is 1.57 bits per heavy atom. The van der Waals surface area contributed by atoms with E-state index in [1.54, 1.807) is 0 Å². The molecule has 0 aromatic carbocycles. The normalized spacial score (nSPS) is 24.1. The molecule has 1 rings (SSSR count). The average Bonchev–Trinajstić information content (AvgIpc) is 2.18. The predicted octanol–water partition coefficient (Wildman–Crippen LogP) is 2.01. The van der Waals surface area contributed by atoms with Crippen molar-refractivity contribution in [3.63, 3.8) is 0 Å². The Kier molecular flexibility index (Phi) is 4.63. The van der Waals surface area contributed by atoms with E-state index in [2.05, 4.69) is 25.3 Å². The van der Waals surface area contributed by atoms with Crippen LogP contribution in [0.15, 0.2) is 12.2 Å². The number of hydrogen-bond donors (Lipinski definition) is 1. The van der Waals surface area contributed by atoms with Gasteiger partial charge in [-0.1, -0.05) is 12.2 Å². The molecule has 0 aromatic heterocycles. The zero-order valence-corrected chi connectivity index (χ0v) is 9.63. The molecule has 0 bridgehead atoms. The van der Waals surface area contributed by atoms with Crippen molar-refractivity contribution in [3.8, 4) is 0 Å². The summed E-state index contributed by atoms with van der Waals surface area (Å²) in [5.74, 6) is 0.794. The van der Waals surface area contributed by atoms with Crippen LogP contribution in [0.5, 0.6) is 0 Å². The van der Waals surface area contributed by atoms with Crippen molar-refractivity contribution in [1.29, 1.82) is 0 Å². The molecule has 1 saturated heterocycles. The van der Waals surface area contributed by atoms with Crippen LogP contribution in [0.2, 0.25) is 0 Å². The van der Waals surface area contributed by atoms with Crippen molar-refractivity contribution >= 4 is 0 Å². The third kappa shape index (κ3) is 3.43. The highest BCUT2D eigenvalue weighted by molar-refractivity contribution is 4.98. The molecule has 1 fully saturated rings. The maximum Gasteiger partial charge on any atom is 0.0134 e. The Morgan fingerprint density at radius 3 is 2.86 bits per heavy atom. The quantitative estimate of drug-likeness (QED) is 0.697. The van der Waals surface area contributed by atoms with Crippen molar-refractivity contribution in [1.82, 2.24) is 4.90 Å². The standard InChI is InChI=1S/C12H24N2/c1-10(2)14-6-4-5-12(9-14)7-11(3)8-13/h10,12H,3-9,13H2,1-2H3. The van der Waals surface area contributed by atoms with Crippen LogP contribution in [-0.2, 0) is 0 Å². The summed E-state index contributed by atoms with van der Waals surface area (Å²) in [4.78, 5) is 2.57. The summed E-state index contributed by atoms with van der Waals surface area (Å²) in [6.07, 6.45) is 3.81. The van der Waals surface area contributed by atoms with Gasteiger partial charge >= 0.3 is 0 Å². The first-order valence-electron chi connectivity index (χ1n) is 5.74. The van der Waals surface area contributed by atoms with Gasteiger partial charge in [0.05, 0.1) is 0 Å². The van der Waals surface area contributed by atoms with E-state index >= 15 is 0 Å². The van der Waals surface area contributed by atoms with Gasteiger partial charge in [0.1, 0.15) is 0 Å². The highest BCUT2D eigenvalue weighted by Gasteiger charge is 2.21. The van der Waals surface area contributed by atoms with E-state index < -0.39 is 0 Å². The average molecular weight is 196 g/mol. The molecule has 0 spiro atoms. The highest BCUT2D eigenvalue weighted by atomic mass is 15.2. The van der Waals surface area contributed by atoms with Crippen LogP contribution in [0.4, 0.5) is 0 Å². The minimum Gasteiger partial charge on any atom is -0.327 e. The minimum absolute atomic E-state index is 0.651. The molecule has 0 aliphatic carbocycles. The van der Waals surface area contributed by atoms with E-state index in [0.29, 0.717) is 12.6 Å². The molecule has 0 radical (unpaired) electrons. The van der Waals surface area contributed by atoms with Crippen molar-refractivity contribution in [2.75, 3.05) is 19.6 Å². The molecule has 2 nitrogen and oxygen atoms in total. The first kappa shape index (κ1) is 11.7. The number of nitrogens with zero attached hydrogens (tertiary/aromatic N) is 1. The Labute approximate surface area is 88.2 Å². The highest BCUT2D eigenvalue weighted by Crippen LogP contribution is 2.23. The molecule has 2 N–H and O–H groups in total. The van der Waals surface area contributed by atoms with E-state index in [4.69, 9.17) is 5.73 Å². The molecule has 1 aliphatic heterocycles. The summed E-state index contributed by atoms with van der Waals surface area (Å²) in [7, 11) is 0. The summed E-state index contributed by atoms with van der Waals surface area (Å²) in [5, 5.41) is 0. The third-order valence-electron chi connectivity index (χ3n) is 3.15. The van der Waals surface area contributed by atoms with E-state index in [9.17, 15) is 0 Å². The second kappa shape index (κ2) is 5.52. The van der Waals surface area contributed by atoms with Crippen LogP contribution < -0.4 is 5.73 Å². The fourth-order valence-electron chi connectivity index (χ4n) is 2.22. The fourth-order valence-corrected chi connectivity index (χ4v) is 2.22. The maximum atomic E-state index is 5.57. The van der Waals surface area contributed by atoms with Gasteiger partial charge in [-0.25, -0.2) is 0 Å². The fraction of sp³-hybridized carbons (Fsp3) is 0.833. The van der Waals surface area contributed by atoms with Crippen LogP contribution in [-0.4, -0.2) is 30.6 Å². The molecular formula is C12H24N2. The van der Waals surface area contributed by atoms with Gasteiger partial charge in [0.2, 0.25) is 0 Å². The minimum atomic E-state index is 0.651. The van der Waals surface area contributed by atoms with Gasteiger partial charge < -0.3 is 10.6 Å². The van der Waals surface area contributed by atoms with Crippen LogP contribution >= 0.6 is 0 Å². The van der Waals surface area contributed by atoms with Gasteiger partial charge in [-0.2, -0.15) is 0 Å². The molecule has 82 valence electrons. The smallest absolute Gasteiger partial charge is 0.0134 e. The lowest BCUT2D eigenvalue weighted by Gasteiger charge is -2.35. The first-order valence-corrected chi connectivity index (χ1v) is 5.74. The number of nitrogens with two attached hydrogens (primary N) is 1. The van der Waals surface area contributed by atoms with Crippen LogP contribution in [0.1, 0.15) is 33.1 Å². The lowest BCUT2D eigenvalue weighted by Crippen LogP contribution is -2.40. The second-order valence-corrected chi connectivity index (χ2v) is 4.76. The van der Waals surface area contributed by atoms with Gasteiger partial charge in [-0.15, -0.1) is 0 Å². The van der Waals surface area contributed by atoms with Gasteiger partial charge in [0.25, 0.3) is 0 Å². The van der Waals surface area contributed by atoms with Crippen LogP contribution in [0, 0.1) is 5.92 Å². The van der Waals surface area contributed by atoms with E-state index in [0.717, 1.165) is 12.3 Å². The number of rotatable bonds is 4. The summed E-state index contributed by atoms with van der Waals surface area (Å²) in [6.45, 7) is 11.7. The zero-order chi connectivity index (χ0) is 10.6. The molecule has 1 heterocycles. The number of hydrogen-bond acceptors (Lipinski definition) is 2. The Morgan fingerprint density at radius 2 is 2.29 bits per heavy atom.